The molecule has 0 saturated carbocycles. The van der Waals surface area contributed by atoms with Gasteiger partial charge in [0, 0.05) is 27.2 Å². The van der Waals surface area contributed by atoms with Crippen LogP contribution in [-0.2, 0) is 21.7 Å². The van der Waals surface area contributed by atoms with Crippen LogP contribution in [0.2, 0.25) is 18.6 Å². The van der Waals surface area contributed by atoms with Crippen LogP contribution in [0.3, 0.4) is 0 Å². The summed E-state index contributed by atoms with van der Waals surface area (Å²) in [4.78, 5) is 15.8. The quantitative estimate of drug-likeness (QED) is 0.302. The summed E-state index contributed by atoms with van der Waals surface area (Å²) in [6.45, 7) is 5.54. The summed E-state index contributed by atoms with van der Waals surface area (Å²) in [5.74, 6) is 0.0857. The van der Waals surface area contributed by atoms with E-state index in [-0.39, 0.29) is 18.4 Å². The standard InChI is InChI=1S/C24H29FINO4Si/c1-15-22(32(3,4)25)21(10-11-28)31-24(15)19-13-18(30-2)8-9-20(19)27(23(24)29)14-16-6-5-7-17(26)12-16/h5-9,12-13,15,21-22,28H,10-11,14H2,1-4H3/t15-,21+,22-,24+/m0/s1. The Balaban J connectivity index is 1.85. The van der Waals surface area contributed by atoms with Crippen LogP contribution in [-0.4, -0.2) is 39.2 Å². The number of aliphatic hydroxyl groups excluding tert-OH is 1. The first-order valence-electron chi connectivity index (χ1n) is 10.9. The van der Waals surface area contributed by atoms with Crippen molar-refractivity contribution < 1.29 is 23.5 Å². The van der Waals surface area contributed by atoms with Gasteiger partial charge in [0.2, 0.25) is 8.41 Å². The van der Waals surface area contributed by atoms with E-state index >= 15 is 4.11 Å². The Bertz CT molecular complexity index is 1030. The molecule has 4 rings (SSSR count). The van der Waals surface area contributed by atoms with Crippen LogP contribution in [0.1, 0.15) is 24.5 Å². The van der Waals surface area contributed by atoms with Gasteiger partial charge >= 0.3 is 0 Å². The molecule has 0 aromatic heterocycles. The van der Waals surface area contributed by atoms with Gasteiger partial charge in [0.15, 0.2) is 5.60 Å². The van der Waals surface area contributed by atoms with Crippen LogP contribution in [0.15, 0.2) is 42.5 Å². The fourth-order valence-electron chi connectivity index (χ4n) is 5.53. The Labute approximate surface area is 203 Å². The Morgan fingerprint density at radius 3 is 2.66 bits per heavy atom. The molecule has 8 heteroatoms. The molecule has 4 atom stereocenters. The predicted molar refractivity (Wildman–Crippen MR) is 133 cm³/mol. The third kappa shape index (κ3) is 3.78. The molecule has 1 fully saturated rings. The van der Waals surface area contributed by atoms with E-state index in [4.69, 9.17) is 9.47 Å². The highest BCUT2D eigenvalue weighted by Crippen LogP contribution is 2.60. The van der Waals surface area contributed by atoms with Crippen molar-refractivity contribution in [2.45, 2.75) is 50.2 Å². The van der Waals surface area contributed by atoms with Crippen molar-refractivity contribution in [2.75, 3.05) is 18.6 Å². The zero-order chi connectivity index (χ0) is 23.3. The third-order valence-electron chi connectivity index (χ3n) is 6.81. The molecule has 2 aliphatic heterocycles. The lowest BCUT2D eigenvalue weighted by Gasteiger charge is -2.31. The minimum Gasteiger partial charge on any atom is -0.497 e. The number of halogens is 2. The first kappa shape index (κ1) is 23.7. The maximum atomic E-state index is 15.5. The number of carbonyl (C=O) groups excluding carboxylic acids is 1. The monoisotopic (exact) mass is 569 g/mol. The van der Waals surface area contributed by atoms with Crippen LogP contribution in [0.5, 0.6) is 5.75 Å². The average Bonchev–Trinajstić information content (AvgIpc) is 3.15. The number of anilines is 1. The summed E-state index contributed by atoms with van der Waals surface area (Å²) in [7, 11) is -1.61. The number of rotatable bonds is 6. The van der Waals surface area contributed by atoms with E-state index in [0.717, 1.165) is 20.4 Å². The van der Waals surface area contributed by atoms with Crippen LogP contribution < -0.4 is 9.64 Å². The van der Waals surface area contributed by atoms with Crippen molar-refractivity contribution in [2.24, 2.45) is 5.92 Å². The number of benzene rings is 2. The molecule has 5 nitrogen and oxygen atoms in total. The number of fused-ring (bicyclic) bond motifs is 2. The topological polar surface area (TPSA) is 59.0 Å². The van der Waals surface area contributed by atoms with Crippen LogP contribution in [0.25, 0.3) is 0 Å². The number of amides is 1. The Morgan fingerprint density at radius 2 is 2.03 bits per heavy atom. The molecular weight excluding hydrogens is 540 g/mol. The minimum absolute atomic E-state index is 0.111. The molecule has 1 N–H and O–H groups in total. The molecule has 1 saturated heterocycles. The molecule has 1 amide bonds. The first-order chi connectivity index (χ1) is 15.1. The fraction of sp³-hybridized carbons (Fsp3) is 0.458. The Hall–Kier alpha value is -1.49. The van der Waals surface area contributed by atoms with E-state index in [1.54, 1.807) is 25.1 Å². The summed E-state index contributed by atoms with van der Waals surface area (Å²) < 4.78 is 28.6. The maximum absolute atomic E-state index is 15.5. The SMILES string of the molecule is COc1ccc2c(c1)[C@@]1(O[C@H](CCO)[C@@H]([Si](C)(C)F)[C@@H]1C)C(=O)N2Cc1cccc(I)c1. The second-order valence-electron chi connectivity index (χ2n) is 9.19. The second-order valence-corrected chi connectivity index (χ2v) is 14.2. The highest BCUT2D eigenvalue weighted by molar-refractivity contribution is 14.1. The molecule has 172 valence electrons. The number of aliphatic hydroxyl groups is 1. The van der Waals surface area contributed by atoms with Crippen molar-refractivity contribution >= 4 is 42.6 Å². The summed E-state index contributed by atoms with van der Waals surface area (Å²) in [6.07, 6.45) is -0.206. The normalized spacial score (nSPS) is 27.3. The highest BCUT2D eigenvalue weighted by Gasteiger charge is 2.66. The van der Waals surface area contributed by atoms with E-state index < -0.39 is 25.7 Å². The zero-order valence-corrected chi connectivity index (χ0v) is 21.9. The summed E-state index contributed by atoms with van der Waals surface area (Å²) in [5.41, 5.74) is 0.813. The predicted octanol–water partition coefficient (Wildman–Crippen LogP) is 5.00. The van der Waals surface area contributed by atoms with E-state index in [1.807, 2.05) is 43.3 Å². The van der Waals surface area contributed by atoms with E-state index in [1.165, 1.54) is 0 Å². The number of hydrogen-bond donors (Lipinski definition) is 1. The van der Waals surface area contributed by atoms with Crippen molar-refractivity contribution in [3.05, 3.63) is 57.2 Å². The van der Waals surface area contributed by atoms with E-state index in [2.05, 4.69) is 28.7 Å². The number of hydrogen-bond acceptors (Lipinski definition) is 4. The average molecular weight is 569 g/mol. The lowest BCUT2D eigenvalue weighted by Crippen LogP contribution is -2.45. The van der Waals surface area contributed by atoms with Crippen LogP contribution in [0, 0.1) is 9.49 Å². The van der Waals surface area contributed by atoms with Crippen LogP contribution >= 0.6 is 22.6 Å². The van der Waals surface area contributed by atoms with Gasteiger partial charge in [0.05, 0.1) is 25.4 Å². The molecule has 2 aliphatic rings. The Kier molecular flexibility index (Phi) is 6.43. The lowest BCUT2D eigenvalue weighted by atomic mass is 9.82. The molecule has 32 heavy (non-hydrogen) atoms. The van der Waals surface area contributed by atoms with Crippen LogP contribution in [0.4, 0.5) is 9.80 Å². The number of carbonyl (C=O) groups is 1. The largest absolute Gasteiger partial charge is 0.497 e. The zero-order valence-electron chi connectivity index (χ0n) is 18.8. The number of methoxy groups -OCH3 is 1. The van der Waals surface area contributed by atoms with Gasteiger partial charge in [-0.05, 0) is 78.0 Å². The summed E-state index contributed by atoms with van der Waals surface area (Å²) in [6, 6.07) is 13.6. The second kappa shape index (κ2) is 8.70. The van der Waals surface area contributed by atoms with Gasteiger partial charge in [-0.3, -0.25) is 4.79 Å². The third-order valence-corrected chi connectivity index (χ3v) is 9.94. The van der Waals surface area contributed by atoms with Gasteiger partial charge in [-0.2, -0.15) is 0 Å². The number of ether oxygens (including phenoxy) is 2. The van der Waals surface area contributed by atoms with Gasteiger partial charge < -0.3 is 23.6 Å². The molecule has 0 unspecified atom stereocenters. The highest BCUT2D eigenvalue weighted by atomic mass is 127. The van der Waals surface area contributed by atoms with Gasteiger partial charge in [-0.1, -0.05) is 19.1 Å². The van der Waals surface area contributed by atoms with Crippen molar-refractivity contribution in [3.8, 4) is 5.75 Å². The minimum atomic E-state index is -3.20. The van der Waals surface area contributed by atoms with Crippen molar-refractivity contribution in [1.29, 1.82) is 0 Å². The fourth-order valence-corrected chi connectivity index (χ4v) is 8.68. The molecular formula is C24H29FINO4Si. The maximum Gasteiger partial charge on any atom is 0.264 e. The first-order valence-corrected chi connectivity index (χ1v) is 14.9. The van der Waals surface area contributed by atoms with Crippen molar-refractivity contribution in [3.63, 3.8) is 0 Å². The van der Waals surface area contributed by atoms with Gasteiger partial charge in [-0.25, -0.2) is 0 Å². The van der Waals surface area contributed by atoms with Gasteiger partial charge in [0.25, 0.3) is 5.91 Å². The molecule has 1 spiro atoms. The molecule has 2 heterocycles. The summed E-state index contributed by atoms with van der Waals surface area (Å²) >= 11 is 2.26. The number of nitrogens with zero attached hydrogens (tertiary/aromatic N) is 1. The smallest absolute Gasteiger partial charge is 0.264 e. The van der Waals surface area contributed by atoms with Gasteiger partial charge in [-0.15, -0.1) is 0 Å². The molecule has 0 radical (unpaired) electrons. The molecule has 0 aliphatic carbocycles. The lowest BCUT2D eigenvalue weighted by molar-refractivity contribution is -0.146. The summed E-state index contributed by atoms with van der Waals surface area (Å²) in [5, 5.41) is 9.64. The van der Waals surface area contributed by atoms with E-state index in [0.29, 0.717) is 18.7 Å². The van der Waals surface area contributed by atoms with Crippen molar-refractivity contribution in [1.82, 2.24) is 0 Å². The molecule has 0 bridgehead atoms. The molecule has 2 aromatic carbocycles. The van der Waals surface area contributed by atoms with E-state index in [9.17, 15) is 9.90 Å². The molecule has 2 aromatic rings. The van der Waals surface area contributed by atoms with Gasteiger partial charge in [0.1, 0.15) is 5.75 Å². The Morgan fingerprint density at radius 1 is 1.28 bits per heavy atom.